The first-order valence-electron chi connectivity index (χ1n) is 11.7. The number of halogens is 1. The van der Waals surface area contributed by atoms with E-state index in [0.29, 0.717) is 5.92 Å². The van der Waals surface area contributed by atoms with Crippen molar-refractivity contribution >= 4 is 28.7 Å². The Hall–Kier alpha value is -3.37. The first-order chi connectivity index (χ1) is 16.7. The summed E-state index contributed by atoms with van der Waals surface area (Å²) < 4.78 is 13.7. The van der Waals surface area contributed by atoms with E-state index >= 15 is 0 Å². The Labute approximate surface area is 204 Å². The van der Waals surface area contributed by atoms with Crippen LogP contribution in [0.4, 0.5) is 4.39 Å². The summed E-state index contributed by atoms with van der Waals surface area (Å²) >= 11 is 1.66. The number of benzene rings is 3. The molecule has 1 aliphatic carbocycles. The first-order valence-corrected chi connectivity index (χ1v) is 12.6. The number of fused-ring (bicyclic) bond motifs is 1. The molecule has 3 aromatic carbocycles. The van der Waals surface area contributed by atoms with Crippen molar-refractivity contribution < 1.29 is 4.39 Å². The molecule has 2 nitrogen and oxygen atoms in total. The van der Waals surface area contributed by atoms with E-state index in [9.17, 15) is 4.39 Å². The Morgan fingerprint density at radius 2 is 1.62 bits per heavy atom. The molecule has 0 bridgehead atoms. The van der Waals surface area contributed by atoms with Crippen molar-refractivity contribution in [2.75, 3.05) is 0 Å². The maximum absolute atomic E-state index is 13.7. The van der Waals surface area contributed by atoms with Gasteiger partial charge in [0.05, 0.1) is 17.4 Å². The van der Waals surface area contributed by atoms with Crippen molar-refractivity contribution in [1.29, 1.82) is 0 Å². The minimum Gasteiger partial charge on any atom is -0.308 e. The van der Waals surface area contributed by atoms with Gasteiger partial charge in [-0.25, -0.2) is 9.38 Å². The van der Waals surface area contributed by atoms with Crippen LogP contribution in [-0.2, 0) is 0 Å². The number of aliphatic imine (C=N–C) groups is 1. The van der Waals surface area contributed by atoms with E-state index in [-0.39, 0.29) is 11.9 Å². The molecule has 0 saturated carbocycles. The summed E-state index contributed by atoms with van der Waals surface area (Å²) in [5.41, 5.74) is 8.37. The molecule has 2 heterocycles. The summed E-state index contributed by atoms with van der Waals surface area (Å²) in [5.74, 6) is 0.314. The minimum absolute atomic E-state index is 0.0666. The second-order valence-electron chi connectivity index (χ2n) is 9.17. The number of hydrogen-bond donors (Lipinski definition) is 0. The largest absolute Gasteiger partial charge is 0.308 e. The van der Waals surface area contributed by atoms with E-state index in [2.05, 4.69) is 84.0 Å². The van der Waals surface area contributed by atoms with Crippen molar-refractivity contribution in [3.63, 3.8) is 0 Å². The molecule has 3 aliphatic rings. The first kappa shape index (κ1) is 21.2. The molecule has 3 aromatic rings. The molecular formula is C30H25FN2S. The van der Waals surface area contributed by atoms with E-state index in [1.54, 1.807) is 11.8 Å². The molecular weight excluding hydrogens is 439 g/mol. The summed E-state index contributed by atoms with van der Waals surface area (Å²) in [6.07, 6.45) is 4.34. The summed E-state index contributed by atoms with van der Waals surface area (Å²) in [7, 11) is 0. The molecule has 2 atom stereocenters. The third-order valence-corrected chi connectivity index (χ3v) is 7.52. The molecule has 0 fully saturated rings. The topological polar surface area (TPSA) is 15.6 Å². The van der Waals surface area contributed by atoms with Gasteiger partial charge in [-0.15, -0.1) is 0 Å². The van der Waals surface area contributed by atoms with Gasteiger partial charge in [-0.3, -0.25) is 0 Å². The van der Waals surface area contributed by atoms with Gasteiger partial charge in [0, 0.05) is 5.41 Å². The van der Waals surface area contributed by atoms with Gasteiger partial charge >= 0.3 is 0 Å². The van der Waals surface area contributed by atoms with Crippen LogP contribution in [0.5, 0.6) is 0 Å². The maximum Gasteiger partial charge on any atom is 0.174 e. The SMILES string of the molecule is C[C@@H]1CC2=C(N=C3SC=C(c4ccc(F)cc4)N3[C@@H]2c2ccccc2)/C(=C\c2ccccc2)C1. The van der Waals surface area contributed by atoms with E-state index in [4.69, 9.17) is 4.99 Å². The van der Waals surface area contributed by atoms with Crippen LogP contribution in [-0.4, -0.2) is 10.1 Å². The lowest BCUT2D eigenvalue weighted by atomic mass is 9.78. The average molecular weight is 465 g/mol. The quantitative estimate of drug-likeness (QED) is 0.390. The maximum atomic E-state index is 13.7. The molecule has 6 rings (SSSR count). The Balaban J connectivity index is 1.51. The molecule has 0 unspecified atom stereocenters. The number of allylic oxidation sites excluding steroid dienone is 1. The van der Waals surface area contributed by atoms with Crippen molar-refractivity contribution in [2.45, 2.75) is 25.8 Å². The van der Waals surface area contributed by atoms with E-state index in [1.807, 2.05) is 12.1 Å². The van der Waals surface area contributed by atoms with Gasteiger partial charge in [0.1, 0.15) is 5.82 Å². The minimum atomic E-state index is -0.219. The van der Waals surface area contributed by atoms with E-state index < -0.39 is 0 Å². The zero-order valence-electron chi connectivity index (χ0n) is 19.0. The van der Waals surface area contributed by atoms with Crippen LogP contribution in [0.25, 0.3) is 11.8 Å². The highest BCUT2D eigenvalue weighted by atomic mass is 32.2. The predicted molar refractivity (Wildman–Crippen MR) is 140 cm³/mol. The highest BCUT2D eigenvalue weighted by molar-refractivity contribution is 8.16. The van der Waals surface area contributed by atoms with Crippen LogP contribution >= 0.6 is 11.8 Å². The number of amidine groups is 1. The average Bonchev–Trinajstić information content (AvgIpc) is 3.28. The Morgan fingerprint density at radius 1 is 0.912 bits per heavy atom. The van der Waals surface area contributed by atoms with Gasteiger partial charge in [0.2, 0.25) is 0 Å². The summed E-state index contributed by atoms with van der Waals surface area (Å²) in [6, 6.07) is 28.1. The van der Waals surface area contributed by atoms with Crippen molar-refractivity contribution in [3.8, 4) is 0 Å². The van der Waals surface area contributed by atoms with Crippen LogP contribution in [0.3, 0.4) is 0 Å². The normalized spacial score (nSPS) is 22.9. The fourth-order valence-electron chi connectivity index (χ4n) is 5.20. The molecule has 0 spiro atoms. The second-order valence-corrected chi connectivity index (χ2v) is 10.0. The van der Waals surface area contributed by atoms with Crippen LogP contribution < -0.4 is 0 Å². The fourth-order valence-corrected chi connectivity index (χ4v) is 6.13. The molecule has 0 amide bonds. The summed E-state index contributed by atoms with van der Waals surface area (Å²) in [6.45, 7) is 2.33. The van der Waals surface area contributed by atoms with Gasteiger partial charge in [-0.1, -0.05) is 79.3 Å². The van der Waals surface area contributed by atoms with Gasteiger partial charge < -0.3 is 4.90 Å². The molecule has 4 heteroatoms. The molecule has 168 valence electrons. The lowest BCUT2D eigenvalue weighted by Crippen LogP contribution is -2.35. The van der Waals surface area contributed by atoms with Crippen LogP contribution in [0.15, 0.2) is 112 Å². The Morgan fingerprint density at radius 3 is 2.35 bits per heavy atom. The second kappa shape index (κ2) is 8.77. The lowest BCUT2D eigenvalue weighted by Gasteiger charge is -2.41. The number of thioether (sulfide) groups is 1. The number of hydrogen-bond acceptors (Lipinski definition) is 3. The zero-order chi connectivity index (χ0) is 23.1. The summed E-state index contributed by atoms with van der Waals surface area (Å²) in [4.78, 5) is 7.59. The van der Waals surface area contributed by atoms with Gasteiger partial charge in [-0.2, -0.15) is 0 Å². The number of rotatable bonds is 3. The van der Waals surface area contributed by atoms with Crippen molar-refractivity contribution in [2.24, 2.45) is 10.9 Å². The molecule has 0 aromatic heterocycles. The smallest absolute Gasteiger partial charge is 0.174 e. The van der Waals surface area contributed by atoms with Crippen LogP contribution in [0, 0.1) is 11.7 Å². The van der Waals surface area contributed by atoms with E-state index in [0.717, 1.165) is 35.0 Å². The van der Waals surface area contributed by atoms with Crippen LogP contribution in [0.1, 0.15) is 42.5 Å². The molecule has 2 aliphatic heterocycles. The zero-order valence-corrected chi connectivity index (χ0v) is 19.8. The van der Waals surface area contributed by atoms with E-state index in [1.165, 1.54) is 34.4 Å². The third kappa shape index (κ3) is 3.82. The molecule has 34 heavy (non-hydrogen) atoms. The number of nitrogens with zero attached hydrogens (tertiary/aromatic N) is 2. The highest BCUT2D eigenvalue weighted by Crippen LogP contribution is 2.51. The Kier molecular flexibility index (Phi) is 5.46. The summed E-state index contributed by atoms with van der Waals surface area (Å²) in [5, 5.41) is 3.14. The standard InChI is InChI=1S/C30H25FN2S/c1-20-16-24(18-21-8-4-2-5-9-21)28-26(17-20)29(23-10-6-3-7-11-23)33-27(19-34-30(33)32-28)22-12-14-25(31)15-13-22/h2-15,18-20,29H,16-17H2,1H3/b24-18-/t20-,29+/m0/s1. The van der Waals surface area contributed by atoms with Gasteiger partial charge in [-0.05, 0) is 76.9 Å². The fraction of sp³-hybridized carbons (Fsp3) is 0.167. The van der Waals surface area contributed by atoms with Crippen LogP contribution in [0.2, 0.25) is 0 Å². The molecule has 0 radical (unpaired) electrons. The highest BCUT2D eigenvalue weighted by Gasteiger charge is 2.41. The monoisotopic (exact) mass is 464 g/mol. The van der Waals surface area contributed by atoms with Crippen molar-refractivity contribution in [1.82, 2.24) is 4.90 Å². The predicted octanol–water partition coefficient (Wildman–Crippen LogP) is 8.05. The Bertz CT molecular complexity index is 1340. The molecule has 0 N–H and O–H groups in total. The lowest BCUT2D eigenvalue weighted by molar-refractivity contribution is 0.425. The molecule has 0 saturated heterocycles. The van der Waals surface area contributed by atoms with Gasteiger partial charge in [0.25, 0.3) is 0 Å². The van der Waals surface area contributed by atoms with Crippen molar-refractivity contribution in [3.05, 3.63) is 130 Å². The van der Waals surface area contributed by atoms with Gasteiger partial charge in [0.15, 0.2) is 5.17 Å². The third-order valence-electron chi connectivity index (χ3n) is 6.68.